The largest absolute Gasteiger partial charge is 0.314 e. The average molecular weight is 296 g/mol. The Kier molecular flexibility index (Phi) is 8.25. The maximum Gasteiger partial charge on any atom is 0.0408 e. The molecule has 0 heterocycles. The molecule has 1 N–H and O–H groups in total. The Morgan fingerprint density at radius 3 is 2.55 bits per heavy atom. The van der Waals surface area contributed by atoms with Gasteiger partial charge in [-0.05, 0) is 48.9 Å². The molecule has 0 bridgehead atoms. The summed E-state index contributed by atoms with van der Waals surface area (Å²) in [5, 5.41) is 4.44. The van der Waals surface area contributed by atoms with Crippen LogP contribution in [-0.4, -0.2) is 12.6 Å². The second-order valence-electron chi connectivity index (χ2n) is 6.39. The standard InChI is InChI=1S/C18H30ClN/c1-5-7-15(4)10-17(13-20-14(2)3)11-16-8-6-9-18(19)12-16/h6,8-9,12,14-15,17,20H,5,7,10-11,13H2,1-4H3. The maximum atomic E-state index is 6.10. The van der Waals surface area contributed by atoms with Crippen molar-refractivity contribution in [2.24, 2.45) is 11.8 Å². The summed E-state index contributed by atoms with van der Waals surface area (Å²) in [5.41, 5.74) is 1.36. The second kappa shape index (κ2) is 9.41. The van der Waals surface area contributed by atoms with Gasteiger partial charge in [-0.3, -0.25) is 0 Å². The number of hydrogen-bond acceptors (Lipinski definition) is 1. The minimum Gasteiger partial charge on any atom is -0.314 e. The van der Waals surface area contributed by atoms with Crippen LogP contribution in [0, 0.1) is 11.8 Å². The molecule has 2 heteroatoms. The van der Waals surface area contributed by atoms with Gasteiger partial charge in [-0.15, -0.1) is 0 Å². The van der Waals surface area contributed by atoms with Crippen molar-refractivity contribution in [2.75, 3.05) is 6.54 Å². The first-order chi connectivity index (χ1) is 9.51. The van der Waals surface area contributed by atoms with Crippen LogP contribution in [0.5, 0.6) is 0 Å². The minimum absolute atomic E-state index is 0.554. The fourth-order valence-corrected chi connectivity index (χ4v) is 3.03. The van der Waals surface area contributed by atoms with Gasteiger partial charge in [-0.1, -0.05) is 64.3 Å². The zero-order valence-corrected chi connectivity index (χ0v) is 14.2. The second-order valence-corrected chi connectivity index (χ2v) is 6.83. The van der Waals surface area contributed by atoms with Crippen LogP contribution in [0.15, 0.2) is 24.3 Å². The number of hydrogen-bond donors (Lipinski definition) is 1. The molecule has 0 spiro atoms. The Hall–Kier alpha value is -0.530. The third-order valence-corrected chi connectivity index (χ3v) is 3.98. The van der Waals surface area contributed by atoms with Crippen LogP contribution in [0.1, 0.15) is 52.5 Å². The van der Waals surface area contributed by atoms with E-state index in [0.717, 1.165) is 23.9 Å². The van der Waals surface area contributed by atoms with E-state index >= 15 is 0 Å². The summed E-state index contributed by atoms with van der Waals surface area (Å²) in [4.78, 5) is 0. The Balaban J connectivity index is 2.61. The van der Waals surface area contributed by atoms with E-state index in [1.54, 1.807) is 0 Å². The highest BCUT2D eigenvalue weighted by Crippen LogP contribution is 2.22. The molecule has 0 saturated heterocycles. The number of halogens is 1. The van der Waals surface area contributed by atoms with Crippen LogP contribution in [0.2, 0.25) is 5.02 Å². The van der Waals surface area contributed by atoms with Crippen LogP contribution >= 0.6 is 11.6 Å². The Morgan fingerprint density at radius 1 is 1.20 bits per heavy atom. The molecule has 114 valence electrons. The van der Waals surface area contributed by atoms with Crippen LogP contribution in [0.3, 0.4) is 0 Å². The summed E-state index contributed by atoms with van der Waals surface area (Å²) in [5.74, 6) is 1.50. The summed E-state index contributed by atoms with van der Waals surface area (Å²) in [6.07, 6.45) is 5.02. The van der Waals surface area contributed by atoms with Gasteiger partial charge in [0.05, 0.1) is 0 Å². The van der Waals surface area contributed by atoms with Crippen LogP contribution in [0.25, 0.3) is 0 Å². The van der Waals surface area contributed by atoms with Crippen LogP contribution < -0.4 is 5.32 Å². The van der Waals surface area contributed by atoms with Crippen LogP contribution in [-0.2, 0) is 6.42 Å². The lowest BCUT2D eigenvalue weighted by molar-refractivity contribution is 0.345. The molecule has 1 rings (SSSR count). The Morgan fingerprint density at radius 2 is 1.95 bits per heavy atom. The first-order valence-electron chi connectivity index (χ1n) is 7.99. The number of rotatable bonds is 9. The number of nitrogens with one attached hydrogen (secondary N) is 1. The Bertz CT molecular complexity index is 375. The summed E-state index contributed by atoms with van der Waals surface area (Å²) in [7, 11) is 0. The highest BCUT2D eigenvalue weighted by Gasteiger charge is 2.14. The van der Waals surface area contributed by atoms with Crippen molar-refractivity contribution < 1.29 is 0 Å². The molecular weight excluding hydrogens is 266 g/mol. The molecule has 0 amide bonds. The fraction of sp³-hybridized carbons (Fsp3) is 0.667. The van der Waals surface area contributed by atoms with Crippen molar-refractivity contribution in [3.05, 3.63) is 34.9 Å². The molecular formula is C18H30ClN. The van der Waals surface area contributed by atoms with Gasteiger partial charge in [-0.25, -0.2) is 0 Å². The summed E-state index contributed by atoms with van der Waals surface area (Å²) in [6.45, 7) is 10.2. The smallest absolute Gasteiger partial charge is 0.0408 e. The molecule has 0 aliphatic carbocycles. The zero-order chi connectivity index (χ0) is 15.0. The first kappa shape index (κ1) is 17.5. The van der Waals surface area contributed by atoms with E-state index in [2.05, 4.69) is 51.2 Å². The third-order valence-electron chi connectivity index (χ3n) is 3.75. The predicted molar refractivity (Wildman–Crippen MR) is 90.5 cm³/mol. The van der Waals surface area contributed by atoms with E-state index in [9.17, 15) is 0 Å². The SMILES string of the molecule is CCCC(C)CC(CNC(C)C)Cc1cccc(Cl)c1. The van der Waals surface area contributed by atoms with Crippen molar-refractivity contribution in [2.45, 2.75) is 59.4 Å². The molecule has 0 radical (unpaired) electrons. The molecule has 0 saturated carbocycles. The molecule has 0 aliphatic rings. The van der Waals surface area contributed by atoms with E-state index in [0.29, 0.717) is 12.0 Å². The lowest BCUT2D eigenvalue weighted by Gasteiger charge is -2.23. The molecule has 1 aromatic carbocycles. The van der Waals surface area contributed by atoms with Crippen LogP contribution in [0.4, 0.5) is 0 Å². The molecule has 20 heavy (non-hydrogen) atoms. The van der Waals surface area contributed by atoms with Gasteiger partial charge in [0.25, 0.3) is 0 Å². The van der Waals surface area contributed by atoms with Crippen molar-refractivity contribution in [1.29, 1.82) is 0 Å². The van der Waals surface area contributed by atoms with Crippen molar-refractivity contribution in [1.82, 2.24) is 5.32 Å². The molecule has 2 unspecified atom stereocenters. The maximum absolute atomic E-state index is 6.10. The van der Waals surface area contributed by atoms with E-state index in [1.807, 2.05) is 6.07 Å². The van der Waals surface area contributed by atoms with Gasteiger partial charge in [0.2, 0.25) is 0 Å². The van der Waals surface area contributed by atoms with E-state index in [1.165, 1.54) is 24.8 Å². The molecule has 0 aromatic heterocycles. The van der Waals surface area contributed by atoms with E-state index in [-0.39, 0.29) is 0 Å². The monoisotopic (exact) mass is 295 g/mol. The van der Waals surface area contributed by atoms with Crippen molar-refractivity contribution in [3.8, 4) is 0 Å². The van der Waals surface area contributed by atoms with Gasteiger partial charge in [-0.2, -0.15) is 0 Å². The molecule has 0 aliphatic heterocycles. The molecule has 2 atom stereocenters. The number of benzene rings is 1. The van der Waals surface area contributed by atoms with Gasteiger partial charge >= 0.3 is 0 Å². The first-order valence-corrected chi connectivity index (χ1v) is 8.36. The molecule has 1 aromatic rings. The normalized spacial score (nSPS) is 14.5. The quantitative estimate of drug-likeness (QED) is 0.650. The molecule has 0 fully saturated rings. The van der Waals surface area contributed by atoms with Crippen molar-refractivity contribution >= 4 is 11.6 Å². The van der Waals surface area contributed by atoms with Gasteiger partial charge < -0.3 is 5.32 Å². The topological polar surface area (TPSA) is 12.0 Å². The molecule has 1 nitrogen and oxygen atoms in total. The zero-order valence-electron chi connectivity index (χ0n) is 13.5. The van der Waals surface area contributed by atoms with Gasteiger partial charge in [0.1, 0.15) is 0 Å². The highest BCUT2D eigenvalue weighted by atomic mass is 35.5. The van der Waals surface area contributed by atoms with Crippen molar-refractivity contribution in [3.63, 3.8) is 0 Å². The summed E-state index contributed by atoms with van der Waals surface area (Å²) in [6, 6.07) is 8.86. The average Bonchev–Trinajstić information content (AvgIpc) is 2.36. The third kappa shape index (κ3) is 7.31. The summed E-state index contributed by atoms with van der Waals surface area (Å²) < 4.78 is 0. The lowest BCUT2D eigenvalue weighted by atomic mass is 9.88. The van der Waals surface area contributed by atoms with Gasteiger partial charge in [0.15, 0.2) is 0 Å². The van der Waals surface area contributed by atoms with E-state index < -0.39 is 0 Å². The fourth-order valence-electron chi connectivity index (χ4n) is 2.82. The van der Waals surface area contributed by atoms with Gasteiger partial charge in [0, 0.05) is 11.1 Å². The van der Waals surface area contributed by atoms with E-state index in [4.69, 9.17) is 11.6 Å². The summed E-state index contributed by atoms with van der Waals surface area (Å²) >= 11 is 6.10. The lowest BCUT2D eigenvalue weighted by Crippen LogP contribution is -2.30. The highest BCUT2D eigenvalue weighted by molar-refractivity contribution is 6.30. The minimum atomic E-state index is 0.554. The predicted octanol–water partition coefficient (Wildman–Crippen LogP) is 5.32. The Labute approximate surface area is 130 Å².